The van der Waals surface area contributed by atoms with E-state index in [1.54, 1.807) is 0 Å². The van der Waals surface area contributed by atoms with Gasteiger partial charge in [0.2, 0.25) is 0 Å². The van der Waals surface area contributed by atoms with Crippen LogP contribution in [-0.4, -0.2) is 53.9 Å². The maximum atomic E-state index is 12.5. The molecule has 2 unspecified atom stereocenters. The number of aromatic nitrogens is 2. The number of halogens is 1. The van der Waals surface area contributed by atoms with E-state index in [-0.39, 0.29) is 29.6 Å². The number of hydrogen-bond donors (Lipinski definition) is 1. The highest BCUT2D eigenvalue weighted by atomic mass is 35.5. The molecule has 0 aliphatic carbocycles. The molecule has 8 heteroatoms. The molecule has 1 saturated heterocycles. The largest absolute Gasteiger partial charge is 0.374 e. The van der Waals surface area contributed by atoms with Gasteiger partial charge < -0.3 is 9.72 Å². The van der Waals surface area contributed by atoms with E-state index in [1.165, 1.54) is 10.5 Å². The van der Waals surface area contributed by atoms with Crippen molar-refractivity contribution in [3.05, 3.63) is 12.0 Å². The lowest BCUT2D eigenvalue weighted by Crippen LogP contribution is -2.51. The first-order valence-electron chi connectivity index (χ1n) is 6.22. The Balaban J connectivity index is 2.26. The van der Waals surface area contributed by atoms with E-state index in [2.05, 4.69) is 9.97 Å². The Morgan fingerprint density at radius 3 is 2.95 bits per heavy atom. The standard InChI is InChI=1S/C11H18ClN3O3S/c1-3-10-13-5-11(14-10)19(16,17)15-6-9(4-12)18-7-8(15)2/h5,8-9H,3-4,6-7H2,1-2H3,(H,13,14). The molecule has 2 atom stereocenters. The summed E-state index contributed by atoms with van der Waals surface area (Å²) in [7, 11) is -3.57. The first-order chi connectivity index (χ1) is 8.98. The predicted octanol–water partition coefficient (Wildman–Crippen LogP) is 0.989. The summed E-state index contributed by atoms with van der Waals surface area (Å²) < 4.78 is 32.0. The van der Waals surface area contributed by atoms with Crippen LogP contribution in [0.3, 0.4) is 0 Å². The minimum absolute atomic E-state index is 0.131. The maximum Gasteiger partial charge on any atom is 0.260 e. The highest BCUT2D eigenvalue weighted by Gasteiger charge is 2.36. The minimum Gasteiger partial charge on any atom is -0.374 e. The van der Waals surface area contributed by atoms with Gasteiger partial charge in [0.05, 0.1) is 18.9 Å². The Morgan fingerprint density at radius 1 is 1.63 bits per heavy atom. The van der Waals surface area contributed by atoms with Gasteiger partial charge in [-0.25, -0.2) is 13.4 Å². The molecule has 1 aliphatic heterocycles. The summed E-state index contributed by atoms with van der Waals surface area (Å²) >= 11 is 5.75. The molecular formula is C11H18ClN3O3S. The molecule has 0 bridgehead atoms. The van der Waals surface area contributed by atoms with Crippen molar-refractivity contribution in [3.8, 4) is 0 Å². The number of nitrogens with zero attached hydrogens (tertiary/aromatic N) is 2. The number of nitrogens with one attached hydrogen (secondary N) is 1. The molecule has 6 nitrogen and oxygen atoms in total. The number of sulfonamides is 1. The summed E-state index contributed by atoms with van der Waals surface area (Å²) in [4.78, 5) is 6.88. The van der Waals surface area contributed by atoms with Gasteiger partial charge in [-0.3, -0.25) is 0 Å². The van der Waals surface area contributed by atoms with Crippen molar-refractivity contribution in [1.29, 1.82) is 0 Å². The van der Waals surface area contributed by atoms with Crippen LogP contribution in [0.15, 0.2) is 11.2 Å². The zero-order valence-electron chi connectivity index (χ0n) is 11.0. The molecule has 1 fully saturated rings. The Kier molecular flexibility index (Phi) is 4.50. The predicted molar refractivity (Wildman–Crippen MR) is 71.8 cm³/mol. The second-order valence-corrected chi connectivity index (χ2v) is 6.75. The lowest BCUT2D eigenvalue weighted by atomic mass is 10.2. The van der Waals surface area contributed by atoms with Crippen LogP contribution in [0.25, 0.3) is 0 Å². The smallest absolute Gasteiger partial charge is 0.260 e. The summed E-state index contributed by atoms with van der Waals surface area (Å²) in [5.41, 5.74) is 0. The van der Waals surface area contributed by atoms with Crippen LogP contribution in [0, 0.1) is 0 Å². The fourth-order valence-electron chi connectivity index (χ4n) is 2.00. The van der Waals surface area contributed by atoms with E-state index < -0.39 is 10.0 Å². The average Bonchev–Trinajstić information content (AvgIpc) is 2.88. The SMILES string of the molecule is CCc1ncc(S(=O)(=O)N2CC(CCl)OCC2C)[nH]1. The first-order valence-corrected chi connectivity index (χ1v) is 8.19. The molecule has 0 saturated carbocycles. The molecule has 2 heterocycles. The van der Waals surface area contributed by atoms with Crippen LogP contribution in [0.2, 0.25) is 0 Å². The second kappa shape index (κ2) is 5.78. The van der Waals surface area contributed by atoms with Crippen molar-refractivity contribution in [1.82, 2.24) is 14.3 Å². The van der Waals surface area contributed by atoms with Crippen molar-refractivity contribution in [2.75, 3.05) is 19.0 Å². The number of alkyl halides is 1. The van der Waals surface area contributed by atoms with Crippen molar-refractivity contribution < 1.29 is 13.2 Å². The van der Waals surface area contributed by atoms with E-state index in [1.807, 2.05) is 13.8 Å². The van der Waals surface area contributed by atoms with Gasteiger partial charge in [-0.15, -0.1) is 11.6 Å². The number of morpholine rings is 1. The number of aryl methyl sites for hydroxylation is 1. The van der Waals surface area contributed by atoms with Gasteiger partial charge in [-0.2, -0.15) is 4.31 Å². The fourth-order valence-corrected chi connectivity index (χ4v) is 3.77. The topological polar surface area (TPSA) is 75.3 Å². The Hall–Kier alpha value is -0.630. The molecule has 1 aliphatic rings. The lowest BCUT2D eigenvalue weighted by Gasteiger charge is -2.35. The Bertz CT molecular complexity index is 531. The number of ether oxygens (including phenoxy) is 1. The van der Waals surface area contributed by atoms with Crippen molar-refractivity contribution in [2.45, 2.75) is 37.4 Å². The zero-order valence-corrected chi connectivity index (χ0v) is 12.5. The second-order valence-electron chi connectivity index (χ2n) is 4.58. The molecule has 0 aromatic carbocycles. The van der Waals surface area contributed by atoms with Crippen LogP contribution < -0.4 is 0 Å². The Morgan fingerprint density at radius 2 is 2.37 bits per heavy atom. The van der Waals surface area contributed by atoms with Crippen molar-refractivity contribution in [3.63, 3.8) is 0 Å². The van der Waals surface area contributed by atoms with Crippen LogP contribution in [0.4, 0.5) is 0 Å². The normalized spacial score (nSPS) is 25.6. The third-order valence-electron chi connectivity index (χ3n) is 3.15. The number of rotatable bonds is 4. The van der Waals surface area contributed by atoms with E-state index >= 15 is 0 Å². The monoisotopic (exact) mass is 307 g/mol. The van der Waals surface area contributed by atoms with Crippen LogP contribution in [0.1, 0.15) is 19.7 Å². The third-order valence-corrected chi connectivity index (χ3v) is 5.38. The number of hydrogen-bond acceptors (Lipinski definition) is 4. The number of H-pyrrole nitrogens is 1. The minimum atomic E-state index is -3.57. The van der Waals surface area contributed by atoms with Crippen LogP contribution in [-0.2, 0) is 21.2 Å². The van der Waals surface area contributed by atoms with E-state index in [0.29, 0.717) is 18.9 Å². The first kappa shape index (κ1) is 14.8. The molecule has 0 spiro atoms. The Labute approximate surface area is 118 Å². The molecule has 1 N–H and O–H groups in total. The summed E-state index contributed by atoms with van der Waals surface area (Å²) in [6.45, 7) is 4.36. The van der Waals surface area contributed by atoms with Gasteiger partial charge in [0.15, 0.2) is 5.03 Å². The summed E-state index contributed by atoms with van der Waals surface area (Å²) in [6.07, 6.45) is 1.77. The van der Waals surface area contributed by atoms with Crippen LogP contribution in [0.5, 0.6) is 0 Å². The van der Waals surface area contributed by atoms with Crippen molar-refractivity contribution in [2.24, 2.45) is 0 Å². The number of imidazole rings is 1. The van der Waals surface area contributed by atoms with Gasteiger partial charge in [-0.05, 0) is 6.92 Å². The van der Waals surface area contributed by atoms with E-state index in [4.69, 9.17) is 16.3 Å². The van der Waals surface area contributed by atoms with E-state index in [0.717, 1.165) is 0 Å². The molecule has 19 heavy (non-hydrogen) atoms. The highest BCUT2D eigenvalue weighted by Crippen LogP contribution is 2.21. The summed E-state index contributed by atoms with van der Waals surface area (Å²) in [5, 5.41) is 0.131. The lowest BCUT2D eigenvalue weighted by molar-refractivity contribution is -0.0152. The summed E-state index contributed by atoms with van der Waals surface area (Å²) in [5.74, 6) is 0.940. The van der Waals surface area contributed by atoms with E-state index in [9.17, 15) is 8.42 Å². The molecule has 2 rings (SSSR count). The van der Waals surface area contributed by atoms with Gasteiger partial charge in [0, 0.05) is 24.9 Å². The van der Waals surface area contributed by atoms with Crippen LogP contribution >= 0.6 is 11.6 Å². The molecule has 108 valence electrons. The quantitative estimate of drug-likeness (QED) is 0.842. The molecule has 0 radical (unpaired) electrons. The molecule has 1 aromatic rings. The molecule has 0 amide bonds. The maximum absolute atomic E-state index is 12.5. The van der Waals surface area contributed by atoms with Gasteiger partial charge in [0.1, 0.15) is 5.82 Å². The summed E-state index contributed by atoms with van der Waals surface area (Å²) in [6, 6.07) is -0.210. The fraction of sp³-hybridized carbons (Fsp3) is 0.727. The van der Waals surface area contributed by atoms with Gasteiger partial charge >= 0.3 is 0 Å². The van der Waals surface area contributed by atoms with Gasteiger partial charge in [0.25, 0.3) is 10.0 Å². The molecule has 1 aromatic heterocycles. The zero-order chi connectivity index (χ0) is 14.0. The third kappa shape index (κ3) is 2.94. The van der Waals surface area contributed by atoms with Gasteiger partial charge in [-0.1, -0.05) is 6.92 Å². The molecular weight excluding hydrogens is 290 g/mol. The average molecular weight is 308 g/mol. The highest BCUT2D eigenvalue weighted by molar-refractivity contribution is 7.89. The number of aromatic amines is 1. The van der Waals surface area contributed by atoms with Crippen molar-refractivity contribution >= 4 is 21.6 Å².